The van der Waals surface area contributed by atoms with Crippen LogP contribution in [0.25, 0.3) is 10.9 Å². The molecule has 0 saturated heterocycles. The van der Waals surface area contributed by atoms with Crippen molar-refractivity contribution in [2.75, 3.05) is 0 Å². The lowest BCUT2D eigenvalue weighted by molar-refractivity contribution is 0.0697. The Kier molecular flexibility index (Phi) is 3.11. The number of pyridine rings is 1. The molecule has 1 N–H and O–H groups in total. The van der Waals surface area contributed by atoms with E-state index in [4.69, 9.17) is 23.2 Å². The Labute approximate surface area is 120 Å². The van der Waals surface area contributed by atoms with Gasteiger partial charge in [0.25, 0.3) is 0 Å². The second-order valence-electron chi connectivity index (χ2n) is 4.71. The van der Waals surface area contributed by atoms with Crippen LogP contribution in [0.1, 0.15) is 34.5 Å². The molecule has 5 heteroatoms. The molecule has 1 aliphatic carbocycles. The average Bonchev–Trinajstić information content (AvgIpc) is 2.35. The maximum Gasteiger partial charge on any atom is 0.336 e. The second kappa shape index (κ2) is 4.66. The van der Waals surface area contributed by atoms with Crippen molar-refractivity contribution < 1.29 is 9.90 Å². The number of benzene rings is 1. The first-order valence-electron chi connectivity index (χ1n) is 6.11. The van der Waals surface area contributed by atoms with Crippen molar-refractivity contribution in [3.63, 3.8) is 0 Å². The summed E-state index contributed by atoms with van der Waals surface area (Å²) < 4.78 is 0. The summed E-state index contributed by atoms with van der Waals surface area (Å²) in [5, 5.41) is 10.8. The van der Waals surface area contributed by atoms with Gasteiger partial charge in [-0.05, 0) is 43.4 Å². The first-order valence-corrected chi connectivity index (χ1v) is 6.87. The number of hydrogen-bond acceptors (Lipinski definition) is 2. The predicted molar refractivity (Wildman–Crippen MR) is 75.4 cm³/mol. The summed E-state index contributed by atoms with van der Waals surface area (Å²) in [5.74, 6) is -0.949. The summed E-state index contributed by atoms with van der Waals surface area (Å²) in [7, 11) is 0. The van der Waals surface area contributed by atoms with E-state index in [-0.39, 0.29) is 0 Å². The van der Waals surface area contributed by atoms with E-state index in [9.17, 15) is 9.90 Å². The molecule has 0 amide bonds. The summed E-state index contributed by atoms with van der Waals surface area (Å²) in [4.78, 5) is 16.2. The normalized spacial score (nSPS) is 14.4. The maximum absolute atomic E-state index is 11.6. The van der Waals surface area contributed by atoms with Crippen molar-refractivity contribution in [2.45, 2.75) is 25.7 Å². The van der Waals surface area contributed by atoms with Gasteiger partial charge in [-0.2, -0.15) is 0 Å². The Morgan fingerprint density at radius 1 is 1.21 bits per heavy atom. The number of fused-ring (bicyclic) bond motifs is 2. The molecular formula is C14H11Cl2NO2. The van der Waals surface area contributed by atoms with Gasteiger partial charge < -0.3 is 5.11 Å². The zero-order valence-corrected chi connectivity index (χ0v) is 11.6. The average molecular weight is 296 g/mol. The van der Waals surface area contributed by atoms with Crippen LogP contribution in [0.5, 0.6) is 0 Å². The fraction of sp³-hybridized carbons (Fsp3) is 0.286. The number of rotatable bonds is 1. The van der Waals surface area contributed by atoms with E-state index >= 15 is 0 Å². The Morgan fingerprint density at radius 3 is 2.68 bits per heavy atom. The number of aryl methyl sites for hydroxylation is 1. The molecule has 1 aromatic carbocycles. The van der Waals surface area contributed by atoms with E-state index < -0.39 is 5.97 Å². The van der Waals surface area contributed by atoms with Gasteiger partial charge in [0.15, 0.2) is 0 Å². The molecule has 0 fully saturated rings. The minimum Gasteiger partial charge on any atom is -0.478 e. The molecule has 0 saturated carbocycles. The van der Waals surface area contributed by atoms with Crippen molar-refractivity contribution in [1.82, 2.24) is 4.98 Å². The standard InChI is InChI=1S/C14H11Cl2NO2/c15-7-5-9(16)13-11(6-7)17-10-4-2-1-3-8(10)12(13)14(18)19/h5-6H,1-4H2,(H,18,19). The molecule has 1 aromatic heterocycles. The van der Waals surface area contributed by atoms with Gasteiger partial charge in [0.2, 0.25) is 0 Å². The van der Waals surface area contributed by atoms with Gasteiger partial charge in [0, 0.05) is 16.1 Å². The molecule has 0 atom stereocenters. The van der Waals surface area contributed by atoms with Crippen LogP contribution < -0.4 is 0 Å². The predicted octanol–water partition coefficient (Wildman–Crippen LogP) is 4.12. The molecule has 1 heterocycles. The number of carboxylic acids is 1. The number of carboxylic acid groups (broad SMARTS) is 1. The lowest BCUT2D eigenvalue weighted by Crippen LogP contribution is -2.13. The maximum atomic E-state index is 11.6. The van der Waals surface area contributed by atoms with Gasteiger partial charge in [-0.3, -0.25) is 4.98 Å². The van der Waals surface area contributed by atoms with Crippen molar-refractivity contribution in [1.29, 1.82) is 0 Å². The largest absolute Gasteiger partial charge is 0.478 e. The molecule has 0 bridgehead atoms. The van der Waals surface area contributed by atoms with E-state index in [2.05, 4.69) is 4.98 Å². The number of aromatic carboxylic acids is 1. The topological polar surface area (TPSA) is 50.2 Å². The van der Waals surface area contributed by atoms with Crippen LogP contribution in [0.4, 0.5) is 0 Å². The first kappa shape index (κ1) is 12.7. The van der Waals surface area contributed by atoms with Gasteiger partial charge in [-0.1, -0.05) is 23.2 Å². The number of aromatic nitrogens is 1. The summed E-state index contributed by atoms with van der Waals surface area (Å²) in [6.07, 6.45) is 3.60. The number of hydrogen-bond donors (Lipinski definition) is 1. The lowest BCUT2D eigenvalue weighted by Gasteiger charge is -2.19. The van der Waals surface area contributed by atoms with E-state index in [1.165, 1.54) is 0 Å². The van der Waals surface area contributed by atoms with Gasteiger partial charge in [-0.15, -0.1) is 0 Å². The molecule has 2 aromatic rings. The Balaban J connectivity index is 2.46. The minimum atomic E-state index is -0.949. The van der Waals surface area contributed by atoms with E-state index in [0.717, 1.165) is 36.9 Å². The molecule has 1 aliphatic rings. The quantitative estimate of drug-likeness (QED) is 0.861. The SMILES string of the molecule is O=C(O)c1c2c(nc3cc(Cl)cc(Cl)c13)CCCC2. The van der Waals surface area contributed by atoms with Crippen molar-refractivity contribution in [2.24, 2.45) is 0 Å². The van der Waals surface area contributed by atoms with Crippen LogP contribution in [-0.4, -0.2) is 16.1 Å². The van der Waals surface area contributed by atoms with Crippen LogP contribution in [0.15, 0.2) is 12.1 Å². The van der Waals surface area contributed by atoms with Crippen LogP contribution in [0.2, 0.25) is 10.0 Å². The fourth-order valence-corrected chi connectivity index (χ4v) is 3.29. The third-order valence-corrected chi connectivity index (χ3v) is 4.01. The Bertz CT molecular complexity index is 698. The summed E-state index contributed by atoms with van der Waals surface area (Å²) >= 11 is 12.1. The van der Waals surface area contributed by atoms with Crippen LogP contribution in [0.3, 0.4) is 0 Å². The third kappa shape index (κ3) is 2.07. The summed E-state index contributed by atoms with van der Waals surface area (Å²) in [5.41, 5.74) is 2.56. The first-order chi connectivity index (χ1) is 9.08. The highest BCUT2D eigenvalue weighted by Gasteiger charge is 2.23. The van der Waals surface area contributed by atoms with E-state index in [0.29, 0.717) is 26.5 Å². The Hall–Kier alpha value is -1.32. The lowest BCUT2D eigenvalue weighted by atomic mass is 9.90. The third-order valence-electron chi connectivity index (χ3n) is 3.49. The molecule has 0 aliphatic heterocycles. The van der Waals surface area contributed by atoms with Crippen LogP contribution in [0, 0.1) is 0 Å². The molecule has 0 unspecified atom stereocenters. The molecular weight excluding hydrogens is 285 g/mol. The van der Waals surface area contributed by atoms with Crippen molar-refractivity contribution in [3.8, 4) is 0 Å². The molecule has 0 spiro atoms. The van der Waals surface area contributed by atoms with Crippen molar-refractivity contribution in [3.05, 3.63) is 39.0 Å². The van der Waals surface area contributed by atoms with Gasteiger partial charge in [-0.25, -0.2) is 4.79 Å². The smallest absolute Gasteiger partial charge is 0.336 e. The van der Waals surface area contributed by atoms with Gasteiger partial charge >= 0.3 is 5.97 Å². The summed E-state index contributed by atoms with van der Waals surface area (Å²) in [6.45, 7) is 0. The zero-order valence-electron chi connectivity index (χ0n) is 10.0. The summed E-state index contributed by atoms with van der Waals surface area (Å²) in [6, 6.07) is 3.23. The highest BCUT2D eigenvalue weighted by atomic mass is 35.5. The molecule has 98 valence electrons. The molecule has 0 radical (unpaired) electrons. The molecule has 19 heavy (non-hydrogen) atoms. The molecule has 3 nitrogen and oxygen atoms in total. The Morgan fingerprint density at radius 2 is 1.95 bits per heavy atom. The van der Waals surface area contributed by atoms with Crippen LogP contribution >= 0.6 is 23.2 Å². The number of nitrogens with zero attached hydrogens (tertiary/aromatic N) is 1. The monoisotopic (exact) mass is 295 g/mol. The highest BCUT2D eigenvalue weighted by molar-refractivity contribution is 6.39. The van der Waals surface area contributed by atoms with E-state index in [1.54, 1.807) is 12.1 Å². The number of carbonyl (C=O) groups is 1. The van der Waals surface area contributed by atoms with Crippen molar-refractivity contribution >= 4 is 40.1 Å². The van der Waals surface area contributed by atoms with Gasteiger partial charge in [0.05, 0.1) is 16.1 Å². The second-order valence-corrected chi connectivity index (χ2v) is 5.55. The van der Waals surface area contributed by atoms with Crippen LogP contribution in [-0.2, 0) is 12.8 Å². The number of halogens is 2. The zero-order chi connectivity index (χ0) is 13.6. The fourth-order valence-electron chi connectivity index (χ4n) is 2.71. The minimum absolute atomic E-state index is 0.293. The highest BCUT2D eigenvalue weighted by Crippen LogP contribution is 2.35. The molecule has 3 rings (SSSR count). The van der Waals surface area contributed by atoms with Gasteiger partial charge in [0.1, 0.15) is 0 Å². The van der Waals surface area contributed by atoms with E-state index in [1.807, 2.05) is 0 Å².